The van der Waals surface area contributed by atoms with Gasteiger partial charge in [-0.3, -0.25) is 9.59 Å². The maximum Gasteiger partial charge on any atom is 0.243 e. The van der Waals surface area contributed by atoms with Gasteiger partial charge in [0.1, 0.15) is 6.04 Å². The fourth-order valence-corrected chi connectivity index (χ4v) is 2.95. The van der Waals surface area contributed by atoms with Crippen LogP contribution >= 0.6 is 0 Å². The number of hydrogen-bond donors (Lipinski definition) is 3. The van der Waals surface area contributed by atoms with Crippen molar-refractivity contribution in [2.45, 2.75) is 33.7 Å². The Bertz CT molecular complexity index is 876. The van der Waals surface area contributed by atoms with Crippen LogP contribution in [-0.2, 0) is 9.59 Å². The minimum Gasteiger partial charge on any atom is -0.493 e. The van der Waals surface area contributed by atoms with Gasteiger partial charge in [-0.05, 0) is 50.5 Å². The third-order valence-corrected chi connectivity index (χ3v) is 4.66. The van der Waals surface area contributed by atoms with Crippen LogP contribution in [0, 0.1) is 20.8 Å². The number of nitrogens with one attached hydrogen (secondary N) is 3. The van der Waals surface area contributed by atoms with Gasteiger partial charge in [0.15, 0.2) is 11.5 Å². The van der Waals surface area contributed by atoms with Crippen molar-refractivity contribution < 1.29 is 19.1 Å². The molecule has 156 valence electrons. The summed E-state index contributed by atoms with van der Waals surface area (Å²) >= 11 is 0. The molecule has 2 aromatic carbocycles. The SMILES string of the molecule is COc1cc(C)c(NC(C)C(=O)NCC(=O)Nc2c(C)cccc2C)cc1OC. The van der Waals surface area contributed by atoms with E-state index in [0.29, 0.717) is 11.5 Å². The maximum absolute atomic E-state index is 12.4. The van der Waals surface area contributed by atoms with E-state index in [4.69, 9.17) is 9.47 Å². The number of rotatable bonds is 8. The van der Waals surface area contributed by atoms with Gasteiger partial charge in [0, 0.05) is 17.4 Å². The quantitative estimate of drug-likeness (QED) is 0.634. The molecule has 7 heteroatoms. The number of benzene rings is 2. The first-order valence-electron chi connectivity index (χ1n) is 9.39. The van der Waals surface area contributed by atoms with E-state index in [2.05, 4.69) is 16.0 Å². The van der Waals surface area contributed by atoms with E-state index >= 15 is 0 Å². The van der Waals surface area contributed by atoms with Gasteiger partial charge in [0.25, 0.3) is 0 Å². The number of ether oxygens (including phenoxy) is 2. The Morgan fingerprint density at radius 2 is 1.55 bits per heavy atom. The highest BCUT2D eigenvalue weighted by atomic mass is 16.5. The summed E-state index contributed by atoms with van der Waals surface area (Å²) in [5.74, 6) is 0.637. The van der Waals surface area contributed by atoms with Crippen molar-refractivity contribution in [2.75, 3.05) is 31.4 Å². The van der Waals surface area contributed by atoms with Crippen LogP contribution in [0.15, 0.2) is 30.3 Å². The number of methoxy groups -OCH3 is 2. The Kier molecular flexibility index (Phi) is 7.47. The van der Waals surface area contributed by atoms with Crippen molar-refractivity contribution in [2.24, 2.45) is 0 Å². The summed E-state index contributed by atoms with van der Waals surface area (Å²) in [4.78, 5) is 24.7. The van der Waals surface area contributed by atoms with E-state index < -0.39 is 6.04 Å². The van der Waals surface area contributed by atoms with Gasteiger partial charge in [-0.1, -0.05) is 18.2 Å². The van der Waals surface area contributed by atoms with Crippen molar-refractivity contribution in [1.82, 2.24) is 5.32 Å². The molecule has 2 rings (SSSR count). The van der Waals surface area contributed by atoms with Gasteiger partial charge in [-0.25, -0.2) is 0 Å². The van der Waals surface area contributed by atoms with Crippen LogP contribution in [0.4, 0.5) is 11.4 Å². The summed E-state index contributed by atoms with van der Waals surface area (Å²) in [6.07, 6.45) is 0. The normalized spacial score (nSPS) is 11.4. The van der Waals surface area contributed by atoms with Crippen LogP contribution in [0.25, 0.3) is 0 Å². The van der Waals surface area contributed by atoms with Crippen molar-refractivity contribution >= 4 is 23.2 Å². The molecule has 0 saturated heterocycles. The van der Waals surface area contributed by atoms with Crippen molar-refractivity contribution in [3.8, 4) is 11.5 Å². The Labute approximate surface area is 171 Å². The molecule has 7 nitrogen and oxygen atoms in total. The Balaban J connectivity index is 1.95. The van der Waals surface area contributed by atoms with Gasteiger partial charge in [-0.15, -0.1) is 0 Å². The van der Waals surface area contributed by atoms with Gasteiger partial charge in [0.2, 0.25) is 11.8 Å². The average molecular weight is 399 g/mol. The molecular weight excluding hydrogens is 370 g/mol. The molecule has 0 aromatic heterocycles. The van der Waals surface area contributed by atoms with Gasteiger partial charge in [0.05, 0.1) is 20.8 Å². The van der Waals surface area contributed by atoms with Gasteiger partial charge < -0.3 is 25.4 Å². The Morgan fingerprint density at radius 3 is 2.14 bits per heavy atom. The topological polar surface area (TPSA) is 88.7 Å². The highest BCUT2D eigenvalue weighted by molar-refractivity contribution is 5.96. The molecule has 1 atom stereocenters. The van der Waals surface area contributed by atoms with Crippen molar-refractivity contribution in [1.29, 1.82) is 0 Å². The molecule has 2 aromatic rings. The van der Waals surface area contributed by atoms with Crippen LogP contribution in [0.1, 0.15) is 23.6 Å². The summed E-state index contributed by atoms with van der Waals surface area (Å²) in [5, 5.41) is 8.67. The maximum atomic E-state index is 12.4. The lowest BCUT2D eigenvalue weighted by molar-refractivity contribution is -0.124. The van der Waals surface area contributed by atoms with Crippen LogP contribution in [0.5, 0.6) is 11.5 Å². The zero-order valence-electron chi connectivity index (χ0n) is 17.8. The lowest BCUT2D eigenvalue weighted by Crippen LogP contribution is -2.41. The zero-order chi connectivity index (χ0) is 21.6. The molecule has 0 bridgehead atoms. The van der Waals surface area contributed by atoms with E-state index in [1.165, 1.54) is 0 Å². The Hall–Kier alpha value is -3.22. The van der Waals surface area contributed by atoms with E-state index in [-0.39, 0.29) is 18.4 Å². The molecule has 0 aliphatic carbocycles. The first-order chi connectivity index (χ1) is 13.8. The molecule has 0 aliphatic heterocycles. The van der Waals surface area contributed by atoms with E-state index in [0.717, 1.165) is 28.1 Å². The molecule has 2 amide bonds. The molecule has 0 radical (unpaired) electrons. The van der Waals surface area contributed by atoms with Crippen LogP contribution < -0.4 is 25.4 Å². The Morgan fingerprint density at radius 1 is 0.966 bits per heavy atom. The number of carbonyl (C=O) groups is 2. The fraction of sp³-hybridized carbons (Fsp3) is 0.364. The lowest BCUT2D eigenvalue weighted by Gasteiger charge is -2.19. The second-order valence-electron chi connectivity index (χ2n) is 6.92. The van der Waals surface area contributed by atoms with E-state index in [9.17, 15) is 9.59 Å². The summed E-state index contributed by atoms with van der Waals surface area (Å²) in [6.45, 7) is 7.39. The summed E-state index contributed by atoms with van der Waals surface area (Å²) in [5.41, 5.74) is 4.39. The molecule has 0 heterocycles. The number of para-hydroxylation sites is 1. The third kappa shape index (κ3) is 5.63. The molecule has 3 N–H and O–H groups in total. The second-order valence-corrected chi connectivity index (χ2v) is 6.92. The highest BCUT2D eigenvalue weighted by Gasteiger charge is 2.17. The minimum absolute atomic E-state index is 0.108. The predicted octanol–water partition coefficient (Wildman–Crippen LogP) is 3.18. The smallest absolute Gasteiger partial charge is 0.243 e. The van der Waals surface area contributed by atoms with Gasteiger partial charge in [-0.2, -0.15) is 0 Å². The molecule has 0 aliphatic rings. The van der Waals surface area contributed by atoms with Crippen molar-refractivity contribution in [3.05, 3.63) is 47.0 Å². The van der Waals surface area contributed by atoms with E-state index in [1.54, 1.807) is 27.2 Å². The first kappa shape index (κ1) is 22.1. The predicted molar refractivity (Wildman–Crippen MR) is 115 cm³/mol. The third-order valence-electron chi connectivity index (χ3n) is 4.66. The molecule has 0 fully saturated rings. The monoisotopic (exact) mass is 399 g/mol. The number of carbonyl (C=O) groups excluding carboxylic acids is 2. The van der Waals surface area contributed by atoms with Crippen molar-refractivity contribution in [3.63, 3.8) is 0 Å². The van der Waals surface area contributed by atoms with Crippen LogP contribution in [-0.4, -0.2) is 38.6 Å². The fourth-order valence-electron chi connectivity index (χ4n) is 2.95. The second kappa shape index (κ2) is 9.82. The van der Waals surface area contributed by atoms with Crippen LogP contribution in [0.3, 0.4) is 0 Å². The first-order valence-corrected chi connectivity index (χ1v) is 9.39. The molecule has 0 saturated carbocycles. The standard InChI is InChI=1S/C22H29N3O4/c1-13-8-7-9-14(2)21(13)25-20(26)12-23-22(27)16(4)24-17-11-19(29-6)18(28-5)10-15(17)3/h7-11,16,24H,12H2,1-6H3,(H,23,27)(H,25,26). The average Bonchev–Trinajstić information content (AvgIpc) is 2.70. The lowest BCUT2D eigenvalue weighted by atomic mass is 10.1. The van der Waals surface area contributed by atoms with Crippen LogP contribution in [0.2, 0.25) is 0 Å². The molecule has 0 spiro atoms. The number of aryl methyl sites for hydroxylation is 3. The largest absolute Gasteiger partial charge is 0.493 e. The van der Waals surface area contributed by atoms with E-state index in [1.807, 2.05) is 45.0 Å². The summed E-state index contributed by atoms with van der Waals surface area (Å²) < 4.78 is 10.6. The molecule has 29 heavy (non-hydrogen) atoms. The highest BCUT2D eigenvalue weighted by Crippen LogP contribution is 2.33. The number of anilines is 2. The molecular formula is C22H29N3O4. The molecule has 1 unspecified atom stereocenters. The van der Waals surface area contributed by atoms with Gasteiger partial charge >= 0.3 is 0 Å². The summed E-state index contributed by atoms with van der Waals surface area (Å²) in [6, 6.07) is 8.87. The minimum atomic E-state index is -0.542. The zero-order valence-corrected chi connectivity index (χ0v) is 17.8. The number of amides is 2. The summed E-state index contributed by atoms with van der Waals surface area (Å²) in [7, 11) is 3.13. The number of hydrogen-bond acceptors (Lipinski definition) is 5.